The molecule has 1 heterocycles. The minimum absolute atomic E-state index is 0.0392. The van der Waals surface area contributed by atoms with Crippen molar-refractivity contribution in [1.82, 2.24) is 0 Å². The molecule has 5 nitrogen and oxygen atoms in total. The van der Waals surface area contributed by atoms with E-state index < -0.39 is 0 Å². The number of benzene rings is 2. The van der Waals surface area contributed by atoms with Crippen LogP contribution in [-0.2, 0) is 16.0 Å². The van der Waals surface area contributed by atoms with Crippen LogP contribution in [0.2, 0.25) is 0 Å². The molecule has 25 heavy (non-hydrogen) atoms. The Hall–Kier alpha value is -2.09. The van der Waals surface area contributed by atoms with E-state index in [1.165, 1.54) is 7.11 Å². The van der Waals surface area contributed by atoms with E-state index in [0.29, 0.717) is 17.9 Å². The molecule has 0 saturated heterocycles. The maximum Gasteiger partial charge on any atom is 0.338 e. The quantitative estimate of drug-likeness (QED) is 0.528. The van der Waals surface area contributed by atoms with Crippen LogP contribution in [0.5, 0.6) is 5.75 Å². The van der Waals surface area contributed by atoms with E-state index in [0.717, 1.165) is 27.7 Å². The van der Waals surface area contributed by atoms with Crippen LogP contribution in [0.4, 0.5) is 5.69 Å². The number of hydrogen-bond donors (Lipinski definition) is 0. The molecule has 0 fully saturated rings. The molecule has 1 amide bonds. The number of rotatable bonds is 4. The SMILES string of the molecule is COC(=O)c1cccc2c1CCCN2C(=O)COc1ccc(I)cc1. The standard InChI is InChI=1S/C19H18INO4/c1-24-19(23)16-4-2-6-17-15(16)5-3-11-21(17)18(22)12-25-14-9-7-13(20)8-10-14/h2,4,6-10H,3,5,11-12H2,1H3. The fourth-order valence-electron chi connectivity index (χ4n) is 2.94. The zero-order valence-corrected chi connectivity index (χ0v) is 16.0. The maximum absolute atomic E-state index is 12.6. The number of hydrogen-bond acceptors (Lipinski definition) is 4. The Morgan fingerprint density at radius 1 is 1.16 bits per heavy atom. The number of halogens is 1. The highest BCUT2D eigenvalue weighted by atomic mass is 127. The van der Waals surface area contributed by atoms with Gasteiger partial charge >= 0.3 is 5.97 Å². The number of nitrogens with zero attached hydrogens (tertiary/aromatic N) is 1. The summed E-state index contributed by atoms with van der Waals surface area (Å²) in [5.74, 6) is 0.164. The van der Waals surface area contributed by atoms with Crippen molar-refractivity contribution in [3.05, 3.63) is 57.2 Å². The molecule has 0 radical (unpaired) electrons. The van der Waals surface area contributed by atoms with E-state index in [1.807, 2.05) is 30.3 Å². The van der Waals surface area contributed by atoms with Crippen molar-refractivity contribution in [3.63, 3.8) is 0 Å². The van der Waals surface area contributed by atoms with Gasteiger partial charge in [0.2, 0.25) is 0 Å². The van der Waals surface area contributed by atoms with Gasteiger partial charge in [0.1, 0.15) is 5.75 Å². The minimum atomic E-state index is -0.374. The molecular weight excluding hydrogens is 433 g/mol. The summed E-state index contributed by atoms with van der Waals surface area (Å²) < 4.78 is 11.6. The summed E-state index contributed by atoms with van der Waals surface area (Å²) in [4.78, 5) is 26.3. The average molecular weight is 451 g/mol. The highest BCUT2D eigenvalue weighted by molar-refractivity contribution is 14.1. The number of amides is 1. The van der Waals surface area contributed by atoms with Crippen molar-refractivity contribution >= 4 is 40.2 Å². The van der Waals surface area contributed by atoms with Crippen molar-refractivity contribution in [2.75, 3.05) is 25.2 Å². The molecule has 0 unspecified atom stereocenters. The molecule has 2 aromatic carbocycles. The van der Waals surface area contributed by atoms with Gasteiger partial charge in [-0.1, -0.05) is 6.07 Å². The lowest BCUT2D eigenvalue weighted by Crippen LogP contribution is -2.39. The lowest BCUT2D eigenvalue weighted by atomic mass is 9.96. The summed E-state index contributed by atoms with van der Waals surface area (Å²) >= 11 is 2.22. The molecule has 0 saturated carbocycles. The van der Waals surface area contributed by atoms with Crippen molar-refractivity contribution in [2.45, 2.75) is 12.8 Å². The molecule has 130 valence electrons. The fourth-order valence-corrected chi connectivity index (χ4v) is 3.30. The lowest BCUT2D eigenvalue weighted by molar-refractivity contribution is -0.120. The predicted molar refractivity (Wildman–Crippen MR) is 103 cm³/mol. The minimum Gasteiger partial charge on any atom is -0.484 e. The Balaban J connectivity index is 1.77. The molecule has 6 heteroatoms. The van der Waals surface area contributed by atoms with Gasteiger partial charge in [-0.3, -0.25) is 4.79 Å². The van der Waals surface area contributed by atoms with Gasteiger partial charge in [0.25, 0.3) is 5.91 Å². The summed E-state index contributed by atoms with van der Waals surface area (Å²) in [6.45, 7) is 0.578. The summed E-state index contributed by atoms with van der Waals surface area (Å²) in [6, 6.07) is 12.9. The van der Waals surface area contributed by atoms with Crippen LogP contribution in [0.25, 0.3) is 0 Å². The first-order chi connectivity index (χ1) is 12.1. The van der Waals surface area contributed by atoms with E-state index >= 15 is 0 Å². The van der Waals surface area contributed by atoms with Crippen LogP contribution >= 0.6 is 22.6 Å². The van der Waals surface area contributed by atoms with E-state index in [-0.39, 0.29) is 18.5 Å². The van der Waals surface area contributed by atoms with Gasteiger partial charge in [0.05, 0.1) is 12.7 Å². The van der Waals surface area contributed by atoms with E-state index in [9.17, 15) is 9.59 Å². The number of methoxy groups -OCH3 is 1. The number of esters is 1. The third-order valence-electron chi connectivity index (χ3n) is 4.13. The Morgan fingerprint density at radius 3 is 2.64 bits per heavy atom. The maximum atomic E-state index is 12.6. The number of carbonyl (C=O) groups excluding carboxylic acids is 2. The van der Waals surface area contributed by atoms with Gasteiger partial charge in [0, 0.05) is 15.8 Å². The first-order valence-corrected chi connectivity index (χ1v) is 9.07. The molecule has 3 rings (SSSR count). The molecular formula is C19H18INO4. The Bertz CT molecular complexity index is 789. The van der Waals surface area contributed by atoms with Crippen LogP contribution in [0, 0.1) is 3.57 Å². The number of ether oxygens (including phenoxy) is 2. The second kappa shape index (κ2) is 7.86. The average Bonchev–Trinajstić information content (AvgIpc) is 2.65. The summed E-state index contributed by atoms with van der Waals surface area (Å²) in [5, 5.41) is 0. The van der Waals surface area contributed by atoms with Gasteiger partial charge in [-0.05, 0) is 77.4 Å². The summed E-state index contributed by atoms with van der Waals surface area (Å²) in [6.07, 6.45) is 1.55. The third kappa shape index (κ3) is 3.95. The monoisotopic (exact) mass is 451 g/mol. The van der Waals surface area contributed by atoms with Gasteiger partial charge in [0.15, 0.2) is 6.61 Å². The van der Waals surface area contributed by atoms with Gasteiger partial charge in [-0.15, -0.1) is 0 Å². The Morgan fingerprint density at radius 2 is 1.92 bits per heavy atom. The molecule has 1 aliphatic rings. The first kappa shape index (κ1) is 17.7. The van der Waals surface area contributed by atoms with Gasteiger partial charge in [-0.2, -0.15) is 0 Å². The highest BCUT2D eigenvalue weighted by Gasteiger charge is 2.26. The number of fused-ring (bicyclic) bond motifs is 1. The molecule has 2 aromatic rings. The molecule has 1 aliphatic heterocycles. The largest absolute Gasteiger partial charge is 0.484 e. The lowest BCUT2D eigenvalue weighted by Gasteiger charge is -2.30. The number of anilines is 1. The smallest absolute Gasteiger partial charge is 0.338 e. The molecule has 0 aliphatic carbocycles. The number of carbonyl (C=O) groups is 2. The fraction of sp³-hybridized carbons (Fsp3) is 0.263. The molecule has 0 atom stereocenters. The molecule has 0 bridgehead atoms. The third-order valence-corrected chi connectivity index (χ3v) is 4.85. The zero-order chi connectivity index (χ0) is 17.8. The van der Waals surface area contributed by atoms with Crippen molar-refractivity contribution in [2.24, 2.45) is 0 Å². The van der Waals surface area contributed by atoms with Crippen LogP contribution in [0.15, 0.2) is 42.5 Å². The normalized spacial score (nSPS) is 13.1. The topological polar surface area (TPSA) is 55.8 Å². The first-order valence-electron chi connectivity index (χ1n) is 7.99. The highest BCUT2D eigenvalue weighted by Crippen LogP contribution is 2.30. The van der Waals surface area contributed by atoms with Gasteiger partial charge < -0.3 is 14.4 Å². The van der Waals surface area contributed by atoms with E-state index in [4.69, 9.17) is 9.47 Å². The molecule has 0 spiro atoms. The summed E-state index contributed by atoms with van der Waals surface area (Å²) in [7, 11) is 1.36. The van der Waals surface area contributed by atoms with Crippen LogP contribution in [0.1, 0.15) is 22.3 Å². The molecule has 0 aromatic heterocycles. The Kier molecular flexibility index (Phi) is 5.57. The van der Waals surface area contributed by atoms with Crippen LogP contribution in [0.3, 0.4) is 0 Å². The second-order valence-electron chi connectivity index (χ2n) is 5.69. The summed E-state index contributed by atoms with van der Waals surface area (Å²) in [5.41, 5.74) is 2.16. The Labute approximate surface area is 160 Å². The zero-order valence-electron chi connectivity index (χ0n) is 13.8. The van der Waals surface area contributed by atoms with Crippen molar-refractivity contribution < 1.29 is 19.1 Å². The molecule has 0 N–H and O–H groups in total. The van der Waals surface area contributed by atoms with Crippen molar-refractivity contribution in [1.29, 1.82) is 0 Å². The van der Waals surface area contributed by atoms with Gasteiger partial charge in [-0.25, -0.2) is 4.79 Å². The van der Waals surface area contributed by atoms with Crippen molar-refractivity contribution in [3.8, 4) is 5.75 Å². The van der Waals surface area contributed by atoms with E-state index in [1.54, 1.807) is 17.0 Å². The predicted octanol–water partition coefficient (Wildman–Crippen LogP) is 3.44. The van der Waals surface area contributed by atoms with E-state index in [2.05, 4.69) is 22.6 Å². The van der Waals surface area contributed by atoms with Crippen LogP contribution in [-0.4, -0.2) is 32.1 Å². The van der Waals surface area contributed by atoms with Crippen LogP contribution < -0.4 is 9.64 Å². The second-order valence-corrected chi connectivity index (χ2v) is 6.93.